The molecule has 13 nitrogen and oxygen atoms in total. The molecule has 204 valence electrons. The SMILES string of the molecule is NCC(F)CC(=O)NC1CC(N)CC(OC2C[C@H](O[C@H]3O[C@@H](CN)[C@@H](O)C(O)[C@H]3N)C(CO)O2)C1. The molecule has 0 radical (unpaired) electrons. The fraction of sp³-hybridized carbons (Fsp3) is 0.952. The van der Waals surface area contributed by atoms with Gasteiger partial charge in [-0.1, -0.05) is 0 Å². The molecular formula is C21H40FN5O8. The van der Waals surface area contributed by atoms with E-state index in [1.54, 1.807) is 0 Å². The van der Waals surface area contributed by atoms with E-state index >= 15 is 0 Å². The van der Waals surface area contributed by atoms with Gasteiger partial charge in [-0.25, -0.2) is 4.39 Å². The molecule has 2 heterocycles. The zero-order chi connectivity index (χ0) is 25.7. The molecule has 2 aliphatic heterocycles. The number of halogens is 1. The lowest BCUT2D eigenvalue weighted by atomic mass is 9.89. The number of carbonyl (C=O) groups excluding carboxylic acids is 1. The van der Waals surface area contributed by atoms with Crippen LogP contribution < -0.4 is 28.3 Å². The highest BCUT2D eigenvalue weighted by Crippen LogP contribution is 2.31. The minimum Gasteiger partial charge on any atom is -0.394 e. The molecular weight excluding hydrogens is 469 g/mol. The van der Waals surface area contributed by atoms with Crippen LogP contribution in [0.15, 0.2) is 0 Å². The van der Waals surface area contributed by atoms with Crippen molar-refractivity contribution in [3.63, 3.8) is 0 Å². The summed E-state index contributed by atoms with van der Waals surface area (Å²) in [6.07, 6.45) is -6.84. The number of carbonyl (C=O) groups is 1. The highest BCUT2D eigenvalue weighted by molar-refractivity contribution is 5.76. The quantitative estimate of drug-likeness (QED) is 0.142. The van der Waals surface area contributed by atoms with Crippen molar-refractivity contribution in [3.8, 4) is 0 Å². The number of amides is 1. The van der Waals surface area contributed by atoms with Crippen molar-refractivity contribution in [1.29, 1.82) is 0 Å². The van der Waals surface area contributed by atoms with E-state index in [2.05, 4.69) is 5.32 Å². The van der Waals surface area contributed by atoms with E-state index in [4.69, 9.17) is 41.9 Å². The molecule has 3 aliphatic rings. The van der Waals surface area contributed by atoms with Crippen LogP contribution in [-0.4, -0.2) is 114 Å². The van der Waals surface area contributed by atoms with Gasteiger partial charge in [0.2, 0.25) is 5.91 Å². The summed E-state index contributed by atoms with van der Waals surface area (Å²) in [6.45, 7) is -0.619. The predicted octanol–water partition coefficient (Wildman–Crippen LogP) is -3.72. The number of alkyl halides is 1. The summed E-state index contributed by atoms with van der Waals surface area (Å²) in [5.74, 6) is -0.432. The fourth-order valence-corrected chi connectivity index (χ4v) is 4.84. The molecule has 0 bridgehead atoms. The Morgan fingerprint density at radius 1 is 1.06 bits per heavy atom. The van der Waals surface area contributed by atoms with Crippen LogP contribution in [0.5, 0.6) is 0 Å². The maximum absolute atomic E-state index is 13.4. The minimum absolute atomic E-state index is 0.0427. The van der Waals surface area contributed by atoms with Crippen LogP contribution in [-0.2, 0) is 23.7 Å². The summed E-state index contributed by atoms with van der Waals surface area (Å²) in [5, 5.41) is 32.8. The topological polar surface area (TPSA) is 231 Å². The van der Waals surface area contributed by atoms with Crippen molar-refractivity contribution in [2.24, 2.45) is 22.9 Å². The molecule has 35 heavy (non-hydrogen) atoms. The second-order valence-electron chi connectivity index (χ2n) is 9.56. The first kappa shape index (κ1) is 28.5. The first-order valence-electron chi connectivity index (χ1n) is 12.1. The fourth-order valence-electron chi connectivity index (χ4n) is 4.84. The van der Waals surface area contributed by atoms with Gasteiger partial charge >= 0.3 is 0 Å². The Labute approximate surface area is 203 Å². The first-order chi connectivity index (χ1) is 16.6. The second kappa shape index (κ2) is 13.0. The van der Waals surface area contributed by atoms with Gasteiger partial charge in [-0.2, -0.15) is 0 Å². The lowest BCUT2D eigenvalue weighted by Gasteiger charge is -2.41. The van der Waals surface area contributed by atoms with Gasteiger partial charge in [0.25, 0.3) is 0 Å². The van der Waals surface area contributed by atoms with Gasteiger partial charge in [0.1, 0.15) is 30.6 Å². The van der Waals surface area contributed by atoms with Gasteiger partial charge in [-0.3, -0.25) is 4.79 Å². The van der Waals surface area contributed by atoms with Crippen molar-refractivity contribution < 1.29 is 43.5 Å². The number of ether oxygens (including phenoxy) is 4. The molecule has 0 aromatic carbocycles. The van der Waals surface area contributed by atoms with Gasteiger partial charge in [-0.05, 0) is 19.3 Å². The predicted molar refractivity (Wildman–Crippen MR) is 120 cm³/mol. The van der Waals surface area contributed by atoms with E-state index in [1.165, 1.54) is 0 Å². The van der Waals surface area contributed by atoms with E-state index in [1.807, 2.05) is 0 Å². The van der Waals surface area contributed by atoms with Crippen LogP contribution >= 0.6 is 0 Å². The lowest BCUT2D eigenvalue weighted by Crippen LogP contribution is -2.63. The summed E-state index contributed by atoms with van der Waals surface area (Å²) < 4.78 is 36.8. The van der Waals surface area contributed by atoms with Gasteiger partial charge in [0.15, 0.2) is 12.6 Å². The Kier molecular flexibility index (Phi) is 10.6. The molecule has 0 aromatic heterocycles. The van der Waals surface area contributed by atoms with E-state index < -0.39 is 61.2 Å². The van der Waals surface area contributed by atoms with E-state index in [0.717, 1.165) is 0 Å². The lowest BCUT2D eigenvalue weighted by molar-refractivity contribution is -0.274. The Bertz CT molecular complexity index is 682. The average Bonchev–Trinajstić information content (AvgIpc) is 3.19. The normalized spacial score (nSPS) is 43.1. The van der Waals surface area contributed by atoms with Crippen molar-refractivity contribution in [3.05, 3.63) is 0 Å². The Morgan fingerprint density at radius 2 is 1.80 bits per heavy atom. The second-order valence-corrected chi connectivity index (χ2v) is 9.56. The number of hydrogen-bond donors (Lipinski definition) is 8. The van der Waals surface area contributed by atoms with E-state index in [0.29, 0.717) is 19.3 Å². The van der Waals surface area contributed by atoms with Gasteiger partial charge in [-0.15, -0.1) is 0 Å². The number of aliphatic hydroxyl groups excluding tert-OH is 3. The molecule has 0 aromatic rings. The van der Waals surface area contributed by atoms with E-state index in [9.17, 15) is 24.5 Å². The molecule has 1 amide bonds. The first-order valence-corrected chi connectivity index (χ1v) is 12.1. The van der Waals surface area contributed by atoms with E-state index in [-0.39, 0.29) is 50.7 Å². The number of nitrogens with two attached hydrogens (primary N) is 4. The van der Waals surface area contributed by atoms with Gasteiger partial charge in [0, 0.05) is 31.6 Å². The van der Waals surface area contributed by atoms with Crippen molar-refractivity contribution in [2.45, 2.75) is 106 Å². The zero-order valence-electron chi connectivity index (χ0n) is 19.7. The monoisotopic (exact) mass is 509 g/mol. The van der Waals surface area contributed by atoms with Crippen LogP contribution in [0.3, 0.4) is 0 Å². The highest BCUT2D eigenvalue weighted by Gasteiger charge is 2.46. The zero-order valence-corrected chi connectivity index (χ0v) is 19.7. The molecule has 12 atom stereocenters. The molecule has 2 saturated heterocycles. The maximum Gasteiger partial charge on any atom is 0.223 e. The standard InChI is InChI=1S/C21H40FN5O8/c22-9(6-23)1-16(29)27-11-2-10(25)3-12(4-11)32-17-5-13(15(8-28)33-17)34-21-18(26)20(31)19(30)14(7-24)35-21/h9-15,17-21,28,30-31H,1-8,23-26H2,(H,27,29)/t9?,10?,11?,12?,13-,14-,15?,17?,18+,19+,20?,21-/m0/s1. The van der Waals surface area contributed by atoms with Crippen molar-refractivity contribution in [2.75, 3.05) is 19.7 Å². The summed E-state index contributed by atoms with van der Waals surface area (Å²) >= 11 is 0. The largest absolute Gasteiger partial charge is 0.394 e. The summed E-state index contributed by atoms with van der Waals surface area (Å²) in [7, 11) is 0. The van der Waals surface area contributed by atoms with Gasteiger partial charge in [0.05, 0.1) is 31.3 Å². The molecule has 14 heteroatoms. The molecule has 7 unspecified atom stereocenters. The molecule has 3 fully saturated rings. The third kappa shape index (κ3) is 7.49. The van der Waals surface area contributed by atoms with Crippen LogP contribution in [0.1, 0.15) is 32.1 Å². The summed E-state index contributed by atoms with van der Waals surface area (Å²) in [5.41, 5.74) is 23.0. The number of hydrogen-bond acceptors (Lipinski definition) is 12. The van der Waals surface area contributed by atoms with Gasteiger partial charge < -0.3 is 62.5 Å². The molecule has 1 saturated carbocycles. The number of nitrogens with one attached hydrogen (secondary N) is 1. The Hall–Kier alpha value is -1.04. The summed E-state index contributed by atoms with van der Waals surface area (Å²) in [4.78, 5) is 12.0. The Morgan fingerprint density at radius 3 is 2.46 bits per heavy atom. The smallest absolute Gasteiger partial charge is 0.223 e. The molecule has 3 rings (SSSR count). The molecule has 0 spiro atoms. The molecule has 1 aliphatic carbocycles. The highest BCUT2D eigenvalue weighted by atomic mass is 19.1. The van der Waals surface area contributed by atoms with Crippen LogP contribution in [0.25, 0.3) is 0 Å². The van der Waals surface area contributed by atoms with Crippen LogP contribution in [0.4, 0.5) is 4.39 Å². The third-order valence-electron chi connectivity index (χ3n) is 6.71. The maximum atomic E-state index is 13.4. The summed E-state index contributed by atoms with van der Waals surface area (Å²) in [6, 6.07) is -1.54. The average molecular weight is 510 g/mol. The number of rotatable bonds is 10. The third-order valence-corrected chi connectivity index (χ3v) is 6.71. The van der Waals surface area contributed by atoms with Crippen molar-refractivity contribution in [1.82, 2.24) is 5.32 Å². The van der Waals surface area contributed by atoms with Crippen LogP contribution in [0, 0.1) is 0 Å². The Balaban J connectivity index is 1.54. The molecule has 12 N–H and O–H groups in total. The minimum atomic E-state index is -1.40. The van der Waals surface area contributed by atoms with Crippen LogP contribution in [0.2, 0.25) is 0 Å². The number of aliphatic hydroxyl groups is 3. The van der Waals surface area contributed by atoms with Crippen molar-refractivity contribution >= 4 is 5.91 Å².